The van der Waals surface area contributed by atoms with E-state index in [9.17, 15) is 0 Å². The SMILES string of the molecule is [CH2]CCC(CCC)CCCCCCCCCCC. The second-order valence-electron chi connectivity index (χ2n) is 5.91. The summed E-state index contributed by atoms with van der Waals surface area (Å²) in [5.74, 6) is 0.969. The molecule has 0 aliphatic heterocycles. The van der Waals surface area contributed by atoms with E-state index in [1.54, 1.807) is 0 Å². The van der Waals surface area contributed by atoms with Gasteiger partial charge in [0.25, 0.3) is 0 Å². The van der Waals surface area contributed by atoms with Crippen molar-refractivity contribution in [1.82, 2.24) is 0 Å². The van der Waals surface area contributed by atoms with Crippen LogP contribution in [-0.2, 0) is 0 Å². The summed E-state index contributed by atoms with van der Waals surface area (Å²) in [7, 11) is 0. The maximum absolute atomic E-state index is 4.00. The Bertz CT molecular complexity index is 133. The summed E-state index contributed by atoms with van der Waals surface area (Å²) in [6.07, 6.45) is 19.8. The summed E-state index contributed by atoms with van der Waals surface area (Å²) in [6, 6.07) is 0. The van der Waals surface area contributed by atoms with Crippen molar-refractivity contribution in [2.24, 2.45) is 5.92 Å². The van der Waals surface area contributed by atoms with Crippen molar-refractivity contribution < 1.29 is 0 Å². The van der Waals surface area contributed by atoms with Gasteiger partial charge in [-0.15, -0.1) is 0 Å². The first kappa shape index (κ1) is 18.0. The van der Waals surface area contributed by atoms with Crippen LogP contribution in [0.4, 0.5) is 0 Å². The van der Waals surface area contributed by atoms with Gasteiger partial charge in [-0.3, -0.25) is 0 Å². The number of hydrogen-bond acceptors (Lipinski definition) is 0. The molecule has 0 heteroatoms. The third-order valence-electron chi connectivity index (χ3n) is 4.03. The van der Waals surface area contributed by atoms with Gasteiger partial charge >= 0.3 is 0 Å². The number of hydrogen-bond donors (Lipinski definition) is 0. The molecule has 0 aromatic heterocycles. The van der Waals surface area contributed by atoms with Crippen LogP contribution in [0.5, 0.6) is 0 Å². The molecular weight excluding hydrogens is 216 g/mol. The molecule has 0 aliphatic rings. The van der Waals surface area contributed by atoms with Crippen LogP contribution in [0, 0.1) is 12.8 Å². The molecule has 1 atom stereocenters. The summed E-state index contributed by atoms with van der Waals surface area (Å²) < 4.78 is 0. The second kappa shape index (κ2) is 15.1. The molecule has 109 valence electrons. The van der Waals surface area contributed by atoms with E-state index in [1.807, 2.05) is 0 Å². The van der Waals surface area contributed by atoms with E-state index in [0.29, 0.717) is 0 Å². The van der Waals surface area contributed by atoms with E-state index >= 15 is 0 Å². The Balaban J connectivity index is 3.21. The van der Waals surface area contributed by atoms with E-state index in [2.05, 4.69) is 20.8 Å². The number of rotatable bonds is 14. The molecule has 0 fully saturated rings. The zero-order valence-electron chi connectivity index (χ0n) is 13.2. The molecule has 0 heterocycles. The van der Waals surface area contributed by atoms with Gasteiger partial charge < -0.3 is 0 Å². The lowest BCUT2D eigenvalue weighted by Crippen LogP contribution is -1.99. The summed E-state index contributed by atoms with van der Waals surface area (Å²) in [5, 5.41) is 0. The molecule has 0 amide bonds. The predicted molar refractivity (Wildman–Crippen MR) is 84.8 cm³/mol. The van der Waals surface area contributed by atoms with Crippen molar-refractivity contribution in [3.63, 3.8) is 0 Å². The van der Waals surface area contributed by atoms with Crippen molar-refractivity contribution in [2.45, 2.75) is 104 Å². The molecule has 0 bridgehead atoms. The van der Waals surface area contributed by atoms with Gasteiger partial charge in [0.1, 0.15) is 0 Å². The lowest BCUT2D eigenvalue weighted by molar-refractivity contribution is 0.396. The van der Waals surface area contributed by atoms with Crippen molar-refractivity contribution in [2.75, 3.05) is 0 Å². The van der Waals surface area contributed by atoms with Crippen LogP contribution in [0.15, 0.2) is 0 Å². The van der Waals surface area contributed by atoms with E-state index in [0.717, 1.165) is 12.3 Å². The topological polar surface area (TPSA) is 0 Å². The minimum Gasteiger partial charge on any atom is -0.0654 e. The zero-order chi connectivity index (χ0) is 13.5. The molecule has 18 heavy (non-hydrogen) atoms. The van der Waals surface area contributed by atoms with Crippen LogP contribution in [0.2, 0.25) is 0 Å². The first-order valence-electron chi connectivity index (χ1n) is 8.64. The Morgan fingerprint density at radius 1 is 0.611 bits per heavy atom. The van der Waals surface area contributed by atoms with Crippen molar-refractivity contribution in [3.8, 4) is 0 Å². The molecule has 0 saturated heterocycles. The normalized spacial score (nSPS) is 11.3. The van der Waals surface area contributed by atoms with Crippen LogP contribution >= 0.6 is 0 Å². The average Bonchev–Trinajstić information content (AvgIpc) is 2.37. The maximum Gasteiger partial charge on any atom is -0.0414 e. The third-order valence-corrected chi connectivity index (χ3v) is 4.03. The summed E-state index contributed by atoms with van der Waals surface area (Å²) in [4.78, 5) is 0. The van der Waals surface area contributed by atoms with E-state index in [1.165, 1.54) is 83.5 Å². The molecule has 0 aromatic rings. The van der Waals surface area contributed by atoms with Crippen LogP contribution in [0.25, 0.3) is 0 Å². The van der Waals surface area contributed by atoms with Gasteiger partial charge in [-0.05, 0) is 5.92 Å². The largest absolute Gasteiger partial charge is 0.0654 e. The lowest BCUT2D eigenvalue weighted by Gasteiger charge is -2.14. The van der Waals surface area contributed by atoms with E-state index < -0.39 is 0 Å². The third kappa shape index (κ3) is 12.5. The van der Waals surface area contributed by atoms with Crippen molar-refractivity contribution >= 4 is 0 Å². The Labute approximate surface area is 117 Å². The highest BCUT2D eigenvalue weighted by Gasteiger charge is 2.05. The monoisotopic (exact) mass is 253 g/mol. The quantitative estimate of drug-likeness (QED) is 0.294. The maximum atomic E-state index is 4.00. The van der Waals surface area contributed by atoms with Crippen LogP contribution < -0.4 is 0 Å². The molecular formula is C18H37. The average molecular weight is 253 g/mol. The fourth-order valence-corrected chi connectivity index (χ4v) is 2.87. The van der Waals surface area contributed by atoms with Crippen LogP contribution in [-0.4, -0.2) is 0 Å². The molecule has 0 rings (SSSR count). The van der Waals surface area contributed by atoms with Gasteiger partial charge in [0.2, 0.25) is 0 Å². The second-order valence-corrected chi connectivity index (χ2v) is 5.91. The van der Waals surface area contributed by atoms with E-state index in [-0.39, 0.29) is 0 Å². The smallest absolute Gasteiger partial charge is 0.0414 e. The predicted octanol–water partition coefficient (Wildman–Crippen LogP) is 6.94. The highest BCUT2D eigenvalue weighted by Crippen LogP contribution is 2.21. The number of unbranched alkanes of at least 4 members (excludes halogenated alkanes) is 8. The molecule has 0 spiro atoms. The van der Waals surface area contributed by atoms with Gasteiger partial charge in [-0.25, -0.2) is 0 Å². The highest BCUT2D eigenvalue weighted by molar-refractivity contribution is 4.60. The van der Waals surface area contributed by atoms with Gasteiger partial charge in [0.15, 0.2) is 0 Å². The standard InChI is InChI=1S/C18H37/c1-4-7-8-9-10-11-12-13-14-17-18(15-5-2)16-6-3/h18H,2,4-17H2,1,3H3. The minimum absolute atomic E-state index is 0.969. The molecule has 1 unspecified atom stereocenters. The summed E-state index contributed by atoms with van der Waals surface area (Å²) in [5.41, 5.74) is 0. The Kier molecular flexibility index (Phi) is 15.1. The molecule has 1 radical (unpaired) electrons. The van der Waals surface area contributed by atoms with Crippen molar-refractivity contribution in [1.29, 1.82) is 0 Å². The fraction of sp³-hybridized carbons (Fsp3) is 0.944. The zero-order valence-corrected chi connectivity index (χ0v) is 13.2. The van der Waals surface area contributed by atoms with Crippen LogP contribution in [0.1, 0.15) is 104 Å². The van der Waals surface area contributed by atoms with Gasteiger partial charge in [-0.2, -0.15) is 0 Å². The molecule has 0 N–H and O–H groups in total. The molecule has 0 aliphatic carbocycles. The first-order valence-corrected chi connectivity index (χ1v) is 8.64. The first-order chi connectivity index (χ1) is 8.85. The fourth-order valence-electron chi connectivity index (χ4n) is 2.87. The highest BCUT2D eigenvalue weighted by atomic mass is 14.1. The van der Waals surface area contributed by atoms with Crippen molar-refractivity contribution in [3.05, 3.63) is 6.92 Å². The minimum atomic E-state index is 0.969. The lowest BCUT2D eigenvalue weighted by atomic mass is 9.92. The Morgan fingerprint density at radius 3 is 1.67 bits per heavy atom. The van der Waals surface area contributed by atoms with Crippen LogP contribution in [0.3, 0.4) is 0 Å². The van der Waals surface area contributed by atoms with Gasteiger partial charge in [-0.1, -0.05) is 111 Å². The molecule has 0 nitrogen and oxygen atoms in total. The molecule has 0 saturated carbocycles. The Hall–Kier alpha value is 0. The summed E-state index contributed by atoms with van der Waals surface area (Å²) >= 11 is 0. The van der Waals surface area contributed by atoms with Gasteiger partial charge in [0, 0.05) is 0 Å². The molecule has 0 aromatic carbocycles. The van der Waals surface area contributed by atoms with E-state index in [4.69, 9.17) is 0 Å². The Morgan fingerprint density at radius 2 is 1.17 bits per heavy atom. The van der Waals surface area contributed by atoms with Gasteiger partial charge in [0.05, 0.1) is 0 Å². The summed E-state index contributed by atoms with van der Waals surface area (Å²) in [6.45, 7) is 8.60.